The van der Waals surface area contributed by atoms with Gasteiger partial charge in [0.25, 0.3) is 0 Å². The molecule has 0 bridgehead atoms. The van der Waals surface area contributed by atoms with Gasteiger partial charge in [-0.25, -0.2) is 0 Å². The summed E-state index contributed by atoms with van der Waals surface area (Å²) in [7, 11) is 0. The molecule has 0 aliphatic carbocycles. The predicted molar refractivity (Wildman–Crippen MR) is 77.8 cm³/mol. The molecule has 5 heteroatoms. The number of benzene rings is 2. The average Bonchev–Trinajstić information content (AvgIpc) is 2.41. The summed E-state index contributed by atoms with van der Waals surface area (Å²) in [5, 5.41) is 3.37. The van der Waals surface area contributed by atoms with E-state index in [9.17, 15) is 8.63 Å². The second kappa shape index (κ2) is 6.11. The number of anilines is 1. The van der Waals surface area contributed by atoms with Crippen LogP contribution < -0.4 is 9.78 Å². The van der Waals surface area contributed by atoms with E-state index in [2.05, 4.69) is 5.32 Å². The molecule has 0 aliphatic heterocycles. The third kappa shape index (κ3) is 3.51. The SMILES string of the molecule is C[Se](=O)c1ccccc1C(=O)Nc1ccc(Cl)cc1. The molecule has 98 valence electrons. The third-order valence-corrected chi connectivity index (χ3v) is 4.84. The van der Waals surface area contributed by atoms with Crippen molar-refractivity contribution < 1.29 is 8.63 Å². The fourth-order valence-corrected chi connectivity index (χ4v) is 3.32. The van der Waals surface area contributed by atoms with Crippen molar-refractivity contribution in [1.29, 1.82) is 0 Å². The van der Waals surface area contributed by atoms with Gasteiger partial charge in [0.15, 0.2) is 0 Å². The van der Waals surface area contributed by atoms with Gasteiger partial charge in [-0.05, 0) is 0 Å². The monoisotopic (exact) mass is 341 g/mol. The van der Waals surface area contributed by atoms with Gasteiger partial charge in [-0.2, -0.15) is 0 Å². The van der Waals surface area contributed by atoms with Gasteiger partial charge in [0.1, 0.15) is 0 Å². The normalized spacial score (nSPS) is 11.9. The summed E-state index contributed by atoms with van der Waals surface area (Å²) in [6, 6.07) is 13.8. The molecule has 0 radical (unpaired) electrons. The first-order chi connectivity index (χ1) is 9.08. The van der Waals surface area contributed by atoms with E-state index in [1.54, 1.807) is 54.4 Å². The van der Waals surface area contributed by atoms with Crippen molar-refractivity contribution in [3.8, 4) is 0 Å². The summed E-state index contributed by atoms with van der Waals surface area (Å²) in [6.07, 6.45) is 0. The van der Waals surface area contributed by atoms with E-state index < -0.39 is 13.8 Å². The Bertz CT molecular complexity index is 626. The van der Waals surface area contributed by atoms with Crippen LogP contribution in [0, 0.1) is 0 Å². The number of halogens is 1. The average molecular weight is 341 g/mol. The molecule has 0 saturated heterocycles. The molecule has 2 aromatic rings. The van der Waals surface area contributed by atoms with E-state index >= 15 is 0 Å². The molecule has 3 nitrogen and oxygen atoms in total. The van der Waals surface area contributed by atoms with Gasteiger partial charge in [-0.1, -0.05) is 0 Å². The fourth-order valence-electron chi connectivity index (χ4n) is 1.64. The van der Waals surface area contributed by atoms with Crippen LogP contribution in [0.4, 0.5) is 5.69 Å². The quantitative estimate of drug-likeness (QED) is 0.873. The number of hydrogen-bond acceptors (Lipinski definition) is 2. The first-order valence-corrected chi connectivity index (χ1v) is 9.22. The van der Waals surface area contributed by atoms with Crippen molar-refractivity contribution >= 4 is 41.5 Å². The zero-order valence-corrected chi connectivity index (χ0v) is 12.7. The van der Waals surface area contributed by atoms with Gasteiger partial charge in [0.2, 0.25) is 0 Å². The van der Waals surface area contributed by atoms with Crippen molar-refractivity contribution in [2.24, 2.45) is 0 Å². The number of rotatable bonds is 3. The molecule has 1 atom stereocenters. The van der Waals surface area contributed by atoms with Gasteiger partial charge in [-0.3, -0.25) is 0 Å². The summed E-state index contributed by atoms with van der Waals surface area (Å²) in [6.45, 7) is 0. The van der Waals surface area contributed by atoms with Crippen molar-refractivity contribution in [2.45, 2.75) is 5.82 Å². The Morgan fingerprint density at radius 2 is 1.74 bits per heavy atom. The topological polar surface area (TPSA) is 46.2 Å². The van der Waals surface area contributed by atoms with Crippen LogP contribution in [0.15, 0.2) is 48.5 Å². The van der Waals surface area contributed by atoms with Gasteiger partial charge in [0, 0.05) is 0 Å². The zero-order chi connectivity index (χ0) is 13.8. The molecule has 2 aromatic carbocycles. The van der Waals surface area contributed by atoms with E-state index in [1.807, 2.05) is 0 Å². The van der Waals surface area contributed by atoms with Crippen molar-refractivity contribution in [1.82, 2.24) is 0 Å². The van der Waals surface area contributed by atoms with E-state index in [0.29, 0.717) is 20.7 Å². The molecule has 2 rings (SSSR count). The second-order valence-corrected chi connectivity index (χ2v) is 7.18. The zero-order valence-electron chi connectivity index (χ0n) is 10.2. The number of amides is 1. The van der Waals surface area contributed by atoms with Crippen LogP contribution in [-0.4, -0.2) is 19.7 Å². The molecule has 1 unspecified atom stereocenters. The molecule has 0 aromatic heterocycles. The van der Waals surface area contributed by atoms with Gasteiger partial charge in [-0.15, -0.1) is 0 Å². The van der Waals surface area contributed by atoms with Gasteiger partial charge < -0.3 is 0 Å². The number of carbonyl (C=O) groups is 1. The van der Waals surface area contributed by atoms with Crippen LogP contribution in [0.2, 0.25) is 10.8 Å². The second-order valence-electron chi connectivity index (χ2n) is 3.91. The molecular weight excluding hydrogens is 329 g/mol. The van der Waals surface area contributed by atoms with Gasteiger partial charge >= 0.3 is 120 Å². The molecule has 0 aliphatic rings. The molecule has 0 saturated carbocycles. The summed E-state index contributed by atoms with van der Waals surface area (Å²) in [5.74, 6) is 1.39. The minimum atomic E-state index is -2.14. The van der Waals surface area contributed by atoms with Crippen molar-refractivity contribution in [3.05, 3.63) is 59.1 Å². The number of carbonyl (C=O) groups excluding carboxylic acids is 1. The summed E-state index contributed by atoms with van der Waals surface area (Å²) >= 11 is 3.64. The van der Waals surface area contributed by atoms with Crippen LogP contribution in [-0.2, 0) is 3.83 Å². The summed E-state index contributed by atoms with van der Waals surface area (Å²) in [5.41, 5.74) is 1.11. The maximum atomic E-state index is 12.2. The van der Waals surface area contributed by atoms with Crippen LogP contribution in [0.1, 0.15) is 10.4 Å². The molecule has 0 heterocycles. The van der Waals surface area contributed by atoms with Crippen LogP contribution in [0.5, 0.6) is 0 Å². The third-order valence-electron chi connectivity index (χ3n) is 2.54. The summed E-state index contributed by atoms with van der Waals surface area (Å²) < 4.78 is 12.3. The van der Waals surface area contributed by atoms with Crippen molar-refractivity contribution in [3.63, 3.8) is 0 Å². The van der Waals surface area contributed by atoms with E-state index in [-0.39, 0.29) is 5.91 Å². The Balaban J connectivity index is 2.25. The van der Waals surface area contributed by atoms with Crippen LogP contribution in [0.25, 0.3) is 0 Å². The predicted octanol–water partition coefficient (Wildman–Crippen LogP) is 2.85. The minimum absolute atomic E-state index is 0.260. The van der Waals surface area contributed by atoms with E-state index in [4.69, 9.17) is 11.6 Å². The number of hydrogen-bond donors (Lipinski definition) is 1. The maximum absolute atomic E-state index is 12.2. The molecule has 0 fully saturated rings. The molecule has 19 heavy (non-hydrogen) atoms. The standard InChI is InChI=1S/C14H12ClNO2Se/c1-19(18)13-5-3-2-4-12(13)14(17)16-11-8-6-10(15)7-9-11/h2-9H,1H3,(H,16,17). The molecule has 1 amide bonds. The van der Waals surface area contributed by atoms with Crippen LogP contribution >= 0.6 is 11.6 Å². The fraction of sp³-hybridized carbons (Fsp3) is 0.0714. The Labute approximate surface area is 120 Å². The van der Waals surface area contributed by atoms with E-state index in [0.717, 1.165) is 0 Å². The first-order valence-electron chi connectivity index (χ1n) is 5.57. The Hall–Kier alpha value is -1.48. The van der Waals surface area contributed by atoms with Gasteiger partial charge in [0.05, 0.1) is 0 Å². The van der Waals surface area contributed by atoms with Crippen molar-refractivity contribution in [2.75, 3.05) is 5.32 Å². The van der Waals surface area contributed by atoms with E-state index in [1.165, 1.54) is 0 Å². The summed E-state index contributed by atoms with van der Waals surface area (Å²) in [4.78, 5) is 12.2. The molecule has 1 N–H and O–H groups in total. The Kier molecular flexibility index (Phi) is 4.48. The molecule has 0 spiro atoms. The first kappa shape index (κ1) is 13.9. The molecular formula is C14H12ClNO2Se. The van der Waals surface area contributed by atoms with Crippen LogP contribution in [0.3, 0.4) is 0 Å². The number of nitrogens with one attached hydrogen (secondary N) is 1. The Morgan fingerprint density at radius 3 is 2.37 bits per heavy atom. The Morgan fingerprint density at radius 1 is 1.11 bits per heavy atom.